The first-order valence-corrected chi connectivity index (χ1v) is 11.2. The number of Topliss-reactive ketones (excluding diaryl/α,β-unsaturated/α-hetero) is 3. The second kappa shape index (κ2) is 11.3. The van der Waals surface area contributed by atoms with Gasteiger partial charge in [-0.15, -0.1) is 0 Å². The third-order valence-electron chi connectivity index (χ3n) is 6.00. The molecule has 164 valence electrons. The Hall–Kier alpha value is -2.21. The van der Waals surface area contributed by atoms with Crippen molar-refractivity contribution < 1.29 is 29.0 Å². The van der Waals surface area contributed by atoms with Crippen molar-refractivity contribution in [2.75, 3.05) is 6.79 Å². The first-order chi connectivity index (χ1) is 14.6. The van der Waals surface area contributed by atoms with Crippen molar-refractivity contribution in [1.29, 1.82) is 0 Å². The molecule has 0 spiro atoms. The van der Waals surface area contributed by atoms with E-state index >= 15 is 0 Å². The topological polar surface area (TPSA) is 89.9 Å². The highest BCUT2D eigenvalue weighted by atomic mass is 16.7. The molecular weight excluding hydrogens is 384 g/mol. The highest BCUT2D eigenvalue weighted by molar-refractivity contribution is 6.21. The Balaban J connectivity index is 1.19. The Kier molecular flexibility index (Phi) is 8.43. The fraction of sp³-hybridized carbons (Fsp3) is 0.625. The Morgan fingerprint density at radius 1 is 0.933 bits per heavy atom. The average molecular weight is 417 g/mol. The predicted molar refractivity (Wildman–Crippen MR) is 112 cm³/mol. The number of carbonyl (C=O) groups excluding carboxylic acids is 3. The minimum absolute atomic E-state index is 0.123. The van der Waals surface area contributed by atoms with Gasteiger partial charge in [0.25, 0.3) is 0 Å². The first kappa shape index (κ1) is 22.5. The standard InChI is InChI=1S/C24H32O6/c25-18(23-19(26)12-13-20(27)24(23)28)10-8-6-4-2-1-3-5-7-9-17-11-14-21-22(15-17)30-16-29-21/h11,14-15,20,23,27H,1-10,12-13,16H2/t20-,23+/m1/s1. The molecule has 1 saturated carbocycles. The first-order valence-electron chi connectivity index (χ1n) is 11.2. The summed E-state index contributed by atoms with van der Waals surface area (Å²) < 4.78 is 10.7. The highest BCUT2D eigenvalue weighted by Gasteiger charge is 2.40. The van der Waals surface area contributed by atoms with E-state index in [4.69, 9.17) is 9.47 Å². The molecular formula is C24H32O6. The van der Waals surface area contributed by atoms with Crippen LogP contribution in [0.25, 0.3) is 0 Å². The zero-order valence-electron chi connectivity index (χ0n) is 17.6. The van der Waals surface area contributed by atoms with Gasteiger partial charge in [0, 0.05) is 12.8 Å². The number of hydrogen-bond donors (Lipinski definition) is 1. The molecule has 1 fully saturated rings. The average Bonchev–Trinajstić information content (AvgIpc) is 3.20. The summed E-state index contributed by atoms with van der Waals surface area (Å²) in [7, 11) is 0. The van der Waals surface area contributed by atoms with E-state index in [2.05, 4.69) is 12.1 Å². The minimum Gasteiger partial charge on any atom is -0.454 e. The second-order valence-corrected chi connectivity index (χ2v) is 8.34. The van der Waals surface area contributed by atoms with Crippen molar-refractivity contribution in [3.63, 3.8) is 0 Å². The molecule has 2 aliphatic rings. The van der Waals surface area contributed by atoms with Crippen LogP contribution in [0.5, 0.6) is 11.5 Å². The van der Waals surface area contributed by atoms with Crippen molar-refractivity contribution in [3.05, 3.63) is 23.8 Å². The van der Waals surface area contributed by atoms with Gasteiger partial charge in [0.1, 0.15) is 12.0 Å². The molecule has 1 aromatic carbocycles. The van der Waals surface area contributed by atoms with Gasteiger partial charge in [0.15, 0.2) is 28.8 Å². The van der Waals surface area contributed by atoms with Crippen LogP contribution in [-0.2, 0) is 20.8 Å². The van der Waals surface area contributed by atoms with Crippen molar-refractivity contribution in [3.8, 4) is 11.5 Å². The lowest BCUT2D eigenvalue weighted by Crippen LogP contribution is -2.43. The molecule has 1 aliphatic carbocycles. The molecule has 30 heavy (non-hydrogen) atoms. The van der Waals surface area contributed by atoms with Crippen LogP contribution in [-0.4, -0.2) is 35.4 Å². The number of unbranched alkanes of at least 4 members (excludes halogenated alkanes) is 7. The minimum atomic E-state index is -1.21. The molecule has 6 nitrogen and oxygen atoms in total. The van der Waals surface area contributed by atoms with E-state index in [1.54, 1.807) is 0 Å². The predicted octanol–water partition coefficient (Wildman–Crippen LogP) is 3.95. The van der Waals surface area contributed by atoms with Crippen LogP contribution in [0.3, 0.4) is 0 Å². The summed E-state index contributed by atoms with van der Waals surface area (Å²) in [4.78, 5) is 35.9. The molecule has 1 N–H and O–H groups in total. The smallest absolute Gasteiger partial charge is 0.231 e. The molecule has 2 atom stereocenters. The Morgan fingerprint density at radius 2 is 1.60 bits per heavy atom. The van der Waals surface area contributed by atoms with Crippen LogP contribution >= 0.6 is 0 Å². The largest absolute Gasteiger partial charge is 0.454 e. The number of aliphatic hydroxyl groups excluding tert-OH is 1. The monoisotopic (exact) mass is 416 g/mol. The zero-order chi connectivity index (χ0) is 21.3. The van der Waals surface area contributed by atoms with E-state index in [0.29, 0.717) is 13.2 Å². The summed E-state index contributed by atoms with van der Waals surface area (Å²) in [5, 5.41) is 9.58. The molecule has 1 aliphatic heterocycles. The summed E-state index contributed by atoms with van der Waals surface area (Å²) in [5.41, 5.74) is 1.28. The van der Waals surface area contributed by atoms with E-state index in [1.807, 2.05) is 6.07 Å². The quantitative estimate of drug-likeness (QED) is 0.410. The number of ether oxygens (including phenoxy) is 2. The molecule has 3 rings (SSSR count). The van der Waals surface area contributed by atoms with E-state index in [9.17, 15) is 19.5 Å². The Labute approximate surface area is 177 Å². The van der Waals surface area contributed by atoms with Gasteiger partial charge in [-0.1, -0.05) is 44.6 Å². The van der Waals surface area contributed by atoms with Gasteiger partial charge in [0.2, 0.25) is 6.79 Å². The number of rotatable bonds is 12. The normalized spacial score (nSPS) is 20.6. The van der Waals surface area contributed by atoms with Gasteiger partial charge in [-0.25, -0.2) is 0 Å². The van der Waals surface area contributed by atoms with Gasteiger partial charge in [-0.2, -0.15) is 0 Å². The van der Waals surface area contributed by atoms with Gasteiger partial charge >= 0.3 is 0 Å². The lowest BCUT2D eigenvalue weighted by Gasteiger charge is -2.22. The maximum Gasteiger partial charge on any atom is 0.231 e. The third-order valence-corrected chi connectivity index (χ3v) is 6.00. The van der Waals surface area contributed by atoms with Crippen molar-refractivity contribution in [1.82, 2.24) is 0 Å². The van der Waals surface area contributed by atoms with Crippen LogP contribution in [0.4, 0.5) is 0 Å². The molecule has 0 amide bonds. The SMILES string of the molecule is O=C(CCCCCCCCCCc1ccc2c(c1)OCO2)[C@H]1C(=O)CC[C@@H](O)C1=O. The Morgan fingerprint density at radius 3 is 2.37 bits per heavy atom. The zero-order valence-corrected chi connectivity index (χ0v) is 17.6. The molecule has 6 heteroatoms. The summed E-state index contributed by atoms with van der Waals surface area (Å²) in [6.07, 6.45) is 8.99. The number of aryl methyl sites for hydroxylation is 1. The molecule has 0 aromatic heterocycles. The van der Waals surface area contributed by atoms with E-state index < -0.39 is 17.8 Å². The maximum absolute atomic E-state index is 12.2. The maximum atomic E-state index is 12.2. The molecule has 1 aromatic rings. The molecule has 1 heterocycles. The van der Waals surface area contributed by atoms with Crippen LogP contribution < -0.4 is 9.47 Å². The van der Waals surface area contributed by atoms with E-state index in [1.165, 1.54) is 24.8 Å². The van der Waals surface area contributed by atoms with Gasteiger partial charge in [-0.3, -0.25) is 14.4 Å². The van der Waals surface area contributed by atoms with Crippen LogP contribution in [0, 0.1) is 5.92 Å². The van der Waals surface area contributed by atoms with Crippen molar-refractivity contribution in [2.24, 2.45) is 5.92 Å². The summed E-state index contributed by atoms with van der Waals surface area (Å²) in [6.45, 7) is 0.312. The number of aliphatic hydroxyl groups is 1. The van der Waals surface area contributed by atoms with Crippen LogP contribution in [0.2, 0.25) is 0 Å². The lowest BCUT2D eigenvalue weighted by molar-refractivity contribution is -0.147. The third kappa shape index (κ3) is 6.14. The molecule has 0 unspecified atom stereocenters. The van der Waals surface area contributed by atoms with Gasteiger partial charge < -0.3 is 14.6 Å². The van der Waals surface area contributed by atoms with Crippen LogP contribution in [0.1, 0.15) is 76.2 Å². The fourth-order valence-corrected chi connectivity index (χ4v) is 4.18. The number of carbonyl (C=O) groups is 3. The van der Waals surface area contributed by atoms with Crippen molar-refractivity contribution >= 4 is 17.3 Å². The fourth-order valence-electron chi connectivity index (χ4n) is 4.18. The number of hydrogen-bond acceptors (Lipinski definition) is 6. The van der Waals surface area contributed by atoms with Gasteiger partial charge in [-0.05, 0) is 43.4 Å². The summed E-state index contributed by atoms with van der Waals surface area (Å²) in [5.74, 6) is -0.770. The van der Waals surface area contributed by atoms with Crippen molar-refractivity contribution in [2.45, 2.75) is 83.2 Å². The number of benzene rings is 1. The Bertz CT molecular complexity index is 756. The molecule has 0 radical (unpaired) electrons. The lowest BCUT2D eigenvalue weighted by atomic mass is 9.81. The van der Waals surface area contributed by atoms with E-state index in [-0.39, 0.29) is 30.8 Å². The van der Waals surface area contributed by atoms with E-state index in [0.717, 1.165) is 43.6 Å². The van der Waals surface area contributed by atoms with Gasteiger partial charge in [0.05, 0.1) is 0 Å². The molecule has 0 bridgehead atoms. The summed E-state index contributed by atoms with van der Waals surface area (Å²) >= 11 is 0. The second-order valence-electron chi connectivity index (χ2n) is 8.34. The molecule has 0 saturated heterocycles. The number of fused-ring (bicyclic) bond motifs is 1. The number of ketones is 3. The highest BCUT2D eigenvalue weighted by Crippen LogP contribution is 2.33. The summed E-state index contributed by atoms with van der Waals surface area (Å²) in [6, 6.07) is 6.15. The van der Waals surface area contributed by atoms with Crippen LogP contribution in [0.15, 0.2) is 18.2 Å².